The van der Waals surface area contributed by atoms with Gasteiger partial charge >= 0.3 is 5.97 Å². The second kappa shape index (κ2) is 5.66. The van der Waals surface area contributed by atoms with Crippen LogP contribution in [0.25, 0.3) is 0 Å². The predicted octanol–water partition coefficient (Wildman–Crippen LogP) is 1.97. The minimum Gasteiger partial charge on any atom is -0.481 e. The highest BCUT2D eigenvalue weighted by Gasteiger charge is 2.07. The van der Waals surface area contributed by atoms with Crippen LogP contribution in [0, 0.1) is 6.92 Å². The van der Waals surface area contributed by atoms with Crippen molar-refractivity contribution in [2.24, 2.45) is 0 Å². The van der Waals surface area contributed by atoms with Gasteiger partial charge in [0.2, 0.25) is 0 Å². The lowest BCUT2D eigenvalue weighted by molar-refractivity contribution is -0.137. The maximum atomic E-state index is 11.8. The molecule has 0 amide bonds. The summed E-state index contributed by atoms with van der Waals surface area (Å²) in [5.41, 5.74) is 0.992. The zero-order chi connectivity index (χ0) is 11.3. The maximum Gasteiger partial charge on any atom is 0.303 e. The standard InChI is InChI=1S/C11H14O3S/c1-9-5-2-3-6-10(9)15(14)8-4-7-11(12)13/h2-3,5-6H,4,7-8H2,1H3,(H,12,13). The Bertz CT molecular complexity index is 374. The number of rotatable bonds is 5. The summed E-state index contributed by atoms with van der Waals surface area (Å²) in [4.78, 5) is 11.1. The summed E-state index contributed by atoms with van der Waals surface area (Å²) in [6.45, 7) is 1.91. The molecule has 0 saturated carbocycles. The van der Waals surface area contributed by atoms with Crippen molar-refractivity contribution in [3.8, 4) is 0 Å². The Balaban J connectivity index is 2.54. The fraction of sp³-hybridized carbons (Fsp3) is 0.364. The van der Waals surface area contributed by atoms with Gasteiger partial charge in [-0.1, -0.05) is 18.2 Å². The van der Waals surface area contributed by atoms with E-state index in [-0.39, 0.29) is 6.42 Å². The Morgan fingerprint density at radius 2 is 2.07 bits per heavy atom. The third-order valence-electron chi connectivity index (χ3n) is 2.06. The van der Waals surface area contributed by atoms with Crippen LogP contribution in [0.2, 0.25) is 0 Å². The normalized spacial score (nSPS) is 12.3. The van der Waals surface area contributed by atoms with Gasteiger partial charge in [-0.25, -0.2) is 0 Å². The van der Waals surface area contributed by atoms with Crippen LogP contribution in [0.15, 0.2) is 29.2 Å². The van der Waals surface area contributed by atoms with Gasteiger partial charge in [-0.3, -0.25) is 9.00 Å². The lowest BCUT2D eigenvalue weighted by atomic mass is 10.2. The number of hydrogen-bond acceptors (Lipinski definition) is 2. The molecule has 0 aromatic heterocycles. The Morgan fingerprint density at radius 3 is 2.67 bits per heavy atom. The van der Waals surface area contributed by atoms with Crippen LogP contribution in [-0.2, 0) is 15.6 Å². The largest absolute Gasteiger partial charge is 0.481 e. The predicted molar refractivity (Wildman–Crippen MR) is 59.3 cm³/mol. The van der Waals surface area contributed by atoms with E-state index in [1.165, 1.54) is 0 Å². The molecule has 0 fully saturated rings. The first kappa shape index (κ1) is 11.9. The molecule has 1 aromatic rings. The van der Waals surface area contributed by atoms with Gasteiger partial charge in [-0.2, -0.15) is 0 Å². The van der Waals surface area contributed by atoms with E-state index < -0.39 is 16.8 Å². The van der Waals surface area contributed by atoms with Crippen molar-refractivity contribution < 1.29 is 14.1 Å². The number of aryl methyl sites for hydroxylation is 1. The average molecular weight is 226 g/mol. The van der Waals surface area contributed by atoms with Crippen LogP contribution in [0.5, 0.6) is 0 Å². The molecule has 0 aliphatic rings. The molecule has 1 N–H and O–H groups in total. The van der Waals surface area contributed by atoms with Crippen molar-refractivity contribution in [1.29, 1.82) is 0 Å². The molecule has 3 nitrogen and oxygen atoms in total. The van der Waals surface area contributed by atoms with Crippen molar-refractivity contribution in [1.82, 2.24) is 0 Å². The van der Waals surface area contributed by atoms with Crippen LogP contribution in [-0.4, -0.2) is 21.0 Å². The molecule has 0 radical (unpaired) electrons. The van der Waals surface area contributed by atoms with Gasteiger partial charge in [0, 0.05) is 17.1 Å². The molecule has 82 valence electrons. The number of carbonyl (C=O) groups is 1. The molecular weight excluding hydrogens is 212 g/mol. The molecular formula is C11H14O3S. The second-order valence-electron chi connectivity index (χ2n) is 3.31. The smallest absolute Gasteiger partial charge is 0.303 e. The Hall–Kier alpha value is -1.16. The topological polar surface area (TPSA) is 54.4 Å². The molecule has 1 unspecified atom stereocenters. The van der Waals surface area contributed by atoms with Crippen molar-refractivity contribution in [2.75, 3.05) is 5.75 Å². The zero-order valence-corrected chi connectivity index (χ0v) is 9.42. The highest BCUT2D eigenvalue weighted by Crippen LogP contribution is 2.13. The molecule has 0 aliphatic carbocycles. The minimum absolute atomic E-state index is 0.0810. The summed E-state index contributed by atoms with van der Waals surface area (Å²) in [7, 11) is -1.07. The van der Waals surface area contributed by atoms with Gasteiger partial charge in [0.25, 0.3) is 0 Å². The van der Waals surface area contributed by atoms with Crippen LogP contribution in [0.4, 0.5) is 0 Å². The molecule has 0 heterocycles. The Kier molecular flexibility index (Phi) is 4.49. The molecule has 0 aliphatic heterocycles. The van der Waals surface area contributed by atoms with E-state index in [4.69, 9.17) is 5.11 Å². The summed E-state index contributed by atoms with van der Waals surface area (Å²) < 4.78 is 11.8. The third-order valence-corrected chi connectivity index (χ3v) is 3.67. The third kappa shape index (κ3) is 3.83. The number of hydrogen-bond donors (Lipinski definition) is 1. The second-order valence-corrected chi connectivity index (χ2v) is 4.85. The van der Waals surface area contributed by atoms with E-state index in [0.29, 0.717) is 12.2 Å². The highest BCUT2D eigenvalue weighted by atomic mass is 32.2. The van der Waals surface area contributed by atoms with Crippen LogP contribution in [0.3, 0.4) is 0 Å². The van der Waals surface area contributed by atoms with E-state index in [1.807, 2.05) is 31.2 Å². The van der Waals surface area contributed by atoms with Crippen molar-refractivity contribution >= 4 is 16.8 Å². The number of carboxylic acid groups (broad SMARTS) is 1. The van der Waals surface area contributed by atoms with Crippen molar-refractivity contribution in [3.05, 3.63) is 29.8 Å². The first-order chi connectivity index (χ1) is 7.11. The van der Waals surface area contributed by atoms with Crippen LogP contribution in [0.1, 0.15) is 18.4 Å². The summed E-state index contributed by atoms with van der Waals surface area (Å²) in [6, 6.07) is 7.47. The molecule has 0 saturated heterocycles. The molecule has 1 rings (SSSR count). The maximum absolute atomic E-state index is 11.8. The molecule has 15 heavy (non-hydrogen) atoms. The monoisotopic (exact) mass is 226 g/mol. The highest BCUT2D eigenvalue weighted by molar-refractivity contribution is 7.85. The number of benzene rings is 1. The number of aliphatic carboxylic acids is 1. The van der Waals surface area contributed by atoms with Gasteiger partial charge < -0.3 is 5.11 Å². The Labute approximate surface area is 91.6 Å². The fourth-order valence-electron chi connectivity index (χ4n) is 1.28. The summed E-state index contributed by atoms with van der Waals surface area (Å²) in [6.07, 6.45) is 0.536. The van der Waals surface area contributed by atoms with Gasteiger partial charge in [0.15, 0.2) is 0 Å². The Morgan fingerprint density at radius 1 is 1.40 bits per heavy atom. The van der Waals surface area contributed by atoms with Crippen LogP contribution >= 0.6 is 0 Å². The van der Waals surface area contributed by atoms with Crippen molar-refractivity contribution in [3.63, 3.8) is 0 Å². The van der Waals surface area contributed by atoms with Gasteiger partial charge in [0.1, 0.15) is 0 Å². The minimum atomic E-state index is -1.07. The summed E-state index contributed by atoms with van der Waals surface area (Å²) >= 11 is 0. The quantitative estimate of drug-likeness (QED) is 0.835. The van der Waals surface area contributed by atoms with E-state index in [1.54, 1.807) is 0 Å². The average Bonchev–Trinajstić information content (AvgIpc) is 2.17. The molecule has 1 aromatic carbocycles. The fourth-order valence-corrected chi connectivity index (χ4v) is 2.56. The summed E-state index contributed by atoms with van der Waals surface area (Å²) in [5.74, 6) is -0.422. The van der Waals surface area contributed by atoms with E-state index in [0.717, 1.165) is 10.5 Å². The van der Waals surface area contributed by atoms with E-state index >= 15 is 0 Å². The van der Waals surface area contributed by atoms with Gasteiger partial charge in [0.05, 0.1) is 10.8 Å². The van der Waals surface area contributed by atoms with E-state index in [2.05, 4.69) is 0 Å². The molecule has 0 spiro atoms. The first-order valence-corrected chi connectivity index (χ1v) is 6.09. The number of carboxylic acids is 1. The van der Waals surface area contributed by atoms with Gasteiger partial charge in [-0.05, 0) is 25.0 Å². The summed E-state index contributed by atoms with van der Waals surface area (Å²) in [5, 5.41) is 8.45. The SMILES string of the molecule is Cc1ccccc1S(=O)CCCC(=O)O. The molecule has 0 bridgehead atoms. The zero-order valence-electron chi connectivity index (χ0n) is 8.60. The first-order valence-electron chi connectivity index (χ1n) is 4.77. The molecule has 4 heteroatoms. The van der Waals surface area contributed by atoms with Crippen molar-refractivity contribution in [2.45, 2.75) is 24.7 Å². The van der Waals surface area contributed by atoms with Crippen LogP contribution < -0.4 is 0 Å². The lowest BCUT2D eigenvalue weighted by Gasteiger charge is -2.04. The van der Waals surface area contributed by atoms with E-state index in [9.17, 15) is 9.00 Å². The lowest BCUT2D eigenvalue weighted by Crippen LogP contribution is -2.03. The van der Waals surface area contributed by atoms with Gasteiger partial charge in [-0.15, -0.1) is 0 Å². The molecule has 1 atom stereocenters.